The SMILES string of the molecule is CC(C)c1ccc(C(O)Cc2cccnc2)cc1. The maximum atomic E-state index is 10.2. The first-order chi connectivity index (χ1) is 8.66. The van der Waals surface area contributed by atoms with Gasteiger partial charge in [-0.05, 0) is 28.7 Å². The maximum Gasteiger partial charge on any atom is 0.0830 e. The Hall–Kier alpha value is -1.67. The summed E-state index contributed by atoms with van der Waals surface area (Å²) in [7, 11) is 0. The fraction of sp³-hybridized carbons (Fsp3) is 0.312. The lowest BCUT2D eigenvalue weighted by molar-refractivity contribution is 0.178. The third-order valence-electron chi connectivity index (χ3n) is 3.14. The highest BCUT2D eigenvalue weighted by Gasteiger charge is 2.09. The first kappa shape index (κ1) is 12.8. The van der Waals surface area contributed by atoms with Gasteiger partial charge in [-0.3, -0.25) is 4.98 Å². The van der Waals surface area contributed by atoms with Crippen LogP contribution in [0.2, 0.25) is 0 Å². The number of aromatic nitrogens is 1. The summed E-state index contributed by atoms with van der Waals surface area (Å²) in [5, 5.41) is 10.2. The van der Waals surface area contributed by atoms with Crippen molar-refractivity contribution in [2.45, 2.75) is 32.3 Å². The van der Waals surface area contributed by atoms with Gasteiger partial charge < -0.3 is 5.11 Å². The lowest BCUT2D eigenvalue weighted by Crippen LogP contribution is -2.02. The molecule has 0 amide bonds. The zero-order chi connectivity index (χ0) is 13.0. The van der Waals surface area contributed by atoms with Gasteiger partial charge in [-0.1, -0.05) is 44.2 Å². The van der Waals surface area contributed by atoms with Crippen molar-refractivity contribution >= 4 is 0 Å². The van der Waals surface area contributed by atoms with Crippen molar-refractivity contribution in [1.82, 2.24) is 4.98 Å². The number of pyridine rings is 1. The van der Waals surface area contributed by atoms with E-state index in [1.165, 1.54) is 5.56 Å². The molecule has 1 aromatic carbocycles. The predicted molar refractivity (Wildman–Crippen MR) is 73.4 cm³/mol. The van der Waals surface area contributed by atoms with Gasteiger partial charge in [0.05, 0.1) is 6.10 Å². The fourth-order valence-corrected chi connectivity index (χ4v) is 1.96. The van der Waals surface area contributed by atoms with Crippen LogP contribution in [-0.2, 0) is 6.42 Å². The van der Waals surface area contributed by atoms with Crippen LogP contribution in [-0.4, -0.2) is 10.1 Å². The largest absolute Gasteiger partial charge is 0.388 e. The van der Waals surface area contributed by atoms with Gasteiger partial charge >= 0.3 is 0 Å². The highest BCUT2D eigenvalue weighted by molar-refractivity contribution is 5.27. The van der Waals surface area contributed by atoms with Crippen LogP contribution in [0.25, 0.3) is 0 Å². The van der Waals surface area contributed by atoms with E-state index in [-0.39, 0.29) is 0 Å². The van der Waals surface area contributed by atoms with Crippen LogP contribution in [0.1, 0.15) is 42.6 Å². The van der Waals surface area contributed by atoms with Crippen molar-refractivity contribution < 1.29 is 5.11 Å². The molecule has 2 heteroatoms. The van der Waals surface area contributed by atoms with E-state index in [4.69, 9.17) is 0 Å². The van der Waals surface area contributed by atoms with Gasteiger partial charge in [-0.2, -0.15) is 0 Å². The Labute approximate surface area is 108 Å². The van der Waals surface area contributed by atoms with E-state index in [9.17, 15) is 5.11 Å². The van der Waals surface area contributed by atoms with Gasteiger partial charge in [-0.15, -0.1) is 0 Å². The van der Waals surface area contributed by atoms with Gasteiger partial charge in [0.15, 0.2) is 0 Å². The average molecular weight is 241 g/mol. The molecule has 1 atom stereocenters. The molecule has 0 aliphatic heterocycles. The molecule has 2 rings (SSSR count). The molecule has 0 fully saturated rings. The van der Waals surface area contributed by atoms with E-state index in [1.54, 1.807) is 12.4 Å². The monoisotopic (exact) mass is 241 g/mol. The van der Waals surface area contributed by atoms with E-state index in [0.717, 1.165) is 11.1 Å². The summed E-state index contributed by atoms with van der Waals surface area (Å²) in [5.74, 6) is 0.523. The van der Waals surface area contributed by atoms with Crippen LogP contribution in [0, 0.1) is 0 Å². The molecule has 0 saturated heterocycles. The van der Waals surface area contributed by atoms with Gasteiger partial charge in [0.25, 0.3) is 0 Å². The smallest absolute Gasteiger partial charge is 0.0830 e. The minimum absolute atomic E-state index is 0.463. The summed E-state index contributed by atoms with van der Waals surface area (Å²) in [4.78, 5) is 4.06. The molecule has 2 aromatic rings. The third-order valence-corrected chi connectivity index (χ3v) is 3.14. The van der Waals surface area contributed by atoms with Crippen molar-refractivity contribution in [2.75, 3.05) is 0 Å². The molecule has 0 saturated carbocycles. The normalized spacial score (nSPS) is 12.7. The van der Waals surface area contributed by atoms with E-state index in [2.05, 4.69) is 31.0 Å². The molecule has 1 heterocycles. The Morgan fingerprint density at radius 1 is 1.06 bits per heavy atom. The molecule has 2 nitrogen and oxygen atoms in total. The van der Waals surface area contributed by atoms with Crippen LogP contribution in [0.4, 0.5) is 0 Å². The highest BCUT2D eigenvalue weighted by Crippen LogP contribution is 2.21. The Balaban J connectivity index is 2.07. The second kappa shape index (κ2) is 5.78. The van der Waals surface area contributed by atoms with Crippen LogP contribution in [0.5, 0.6) is 0 Å². The zero-order valence-corrected chi connectivity index (χ0v) is 10.9. The standard InChI is InChI=1S/C16H19NO/c1-12(2)14-5-7-15(8-6-14)16(18)10-13-4-3-9-17-11-13/h3-9,11-12,16,18H,10H2,1-2H3. The van der Waals surface area contributed by atoms with E-state index < -0.39 is 6.10 Å². The van der Waals surface area contributed by atoms with Crippen LogP contribution in [0.15, 0.2) is 48.8 Å². The first-order valence-electron chi connectivity index (χ1n) is 6.33. The molecular weight excluding hydrogens is 222 g/mol. The lowest BCUT2D eigenvalue weighted by Gasteiger charge is -2.12. The van der Waals surface area contributed by atoms with Crippen LogP contribution in [0.3, 0.4) is 0 Å². The number of nitrogens with zero attached hydrogens (tertiary/aromatic N) is 1. The number of hydrogen-bond donors (Lipinski definition) is 1. The minimum Gasteiger partial charge on any atom is -0.388 e. The summed E-state index contributed by atoms with van der Waals surface area (Å²) >= 11 is 0. The van der Waals surface area contributed by atoms with Gasteiger partial charge in [-0.25, -0.2) is 0 Å². The maximum absolute atomic E-state index is 10.2. The number of benzene rings is 1. The molecule has 0 aliphatic rings. The average Bonchev–Trinajstić information content (AvgIpc) is 2.40. The molecule has 0 aliphatic carbocycles. The molecule has 0 spiro atoms. The number of aliphatic hydroxyl groups excluding tert-OH is 1. The Morgan fingerprint density at radius 3 is 2.28 bits per heavy atom. The van der Waals surface area contributed by atoms with E-state index in [1.807, 2.05) is 24.3 Å². The van der Waals surface area contributed by atoms with Crippen LogP contribution >= 0.6 is 0 Å². The Bertz CT molecular complexity index is 476. The lowest BCUT2D eigenvalue weighted by atomic mass is 9.98. The zero-order valence-electron chi connectivity index (χ0n) is 10.9. The predicted octanol–water partition coefficient (Wildman–Crippen LogP) is 3.48. The summed E-state index contributed by atoms with van der Waals surface area (Å²) in [6.45, 7) is 4.34. The van der Waals surface area contributed by atoms with Crippen molar-refractivity contribution in [2.24, 2.45) is 0 Å². The fourth-order valence-electron chi connectivity index (χ4n) is 1.96. The van der Waals surface area contributed by atoms with Gasteiger partial charge in [0.2, 0.25) is 0 Å². The quantitative estimate of drug-likeness (QED) is 0.889. The van der Waals surface area contributed by atoms with Gasteiger partial charge in [0, 0.05) is 18.8 Å². The van der Waals surface area contributed by atoms with Crippen molar-refractivity contribution in [3.05, 3.63) is 65.5 Å². The summed E-state index contributed by atoms with van der Waals surface area (Å²) < 4.78 is 0. The molecule has 0 radical (unpaired) electrons. The third kappa shape index (κ3) is 3.17. The molecule has 1 aromatic heterocycles. The summed E-state index contributed by atoms with van der Waals surface area (Å²) in [6.07, 6.45) is 3.68. The first-order valence-corrected chi connectivity index (χ1v) is 6.33. The minimum atomic E-state index is -0.463. The topological polar surface area (TPSA) is 33.1 Å². The second-order valence-electron chi connectivity index (χ2n) is 4.90. The number of aliphatic hydroxyl groups is 1. The van der Waals surface area contributed by atoms with Crippen LogP contribution < -0.4 is 0 Å². The van der Waals surface area contributed by atoms with Crippen molar-refractivity contribution in [1.29, 1.82) is 0 Å². The molecule has 1 unspecified atom stereocenters. The van der Waals surface area contributed by atoms with Crippen molar-refractivity contribution in [3.63, 3.8) is 0 Å². The molecule has 0 bridgehead atoms. The van der Waals surface area contributed by atoms with Gasteiger partial charge in [0.1, 0.15) is 0 Å². The highest BCUT2D eigenvalue weighted by atomic mass is 16.3. The Morgan fingerprint density at radius 2 is 1.72 bits per heavy atom. The molecular formula is C16H19NO. The number of hydrogen-bond acceptors (Lipinski definition) is 2. The molecule has 1 N–H and O–H groups in total. The van der Waals surface area contributed by atoms with Crippen molar-refractivity contribution in [3.8, 4) is 0 Å². The molecule has 94 valence electrons. The van der Waals surface area contributed by atoms with E-state index >= 15 is 0 Å². The summed E-state index contributed by atoms with van der Waals surface area (Å²) in [5.41, 5.74) is 3.31. The number of rotatable bonds is 4. The molecule has 18 heavy (non-hydrogen) atoms. The second-order valence-corrected chi connectivity index (χ2v) is 4.90. The summed E-state index contributed by atoms with van der Waals surface area (Å²) in [6, 6.07) is 12.1. The van der Waals surface area contributed by atoms with E-state index in [0.29, 0.717) is 12.3 Å². The Kier molecular flexibility index (Phi) is 4.11.